The summed E-state index contributed by atoms with van der Waals surface area (Å²) in [5, 5.41) is 0. The molecule has 0 unspecified atom stereocenters. The Morgan fingerprint density at radius 1 is 0.923 bits per heavy atom. The monoisotopic (exact) mass is 353 g/mol. The van der Waals surface area contributed by atoms with Crippen LogP contribution in [0.15, 0.2) is 48.5 Å². The van der Waals surface area contributed by atoms with E-state index < -0.39 is 0 Å². The van der Waals surface area contributed by atoms with E-state index in [4.69, 9.17) is 4.74 Å². The van der Waals surface area contributed by atoms with Gasteiger partial charge in [-0.3, -0.25) is 4.79 Å². The van der Waals surface area contributed by atoms with E-state index in [1.165, 1.54) is 18.6 Å². The summed E-state index contributed by atoms with van der Waals surface area (Å²) in [5.74, 6) is -0.131. The molecule has 0 bridgehead atoms. The number of nitrogens with zero attached hydrogens (tertiary/aromatic N) is 1. The highest BCUT2D eigenvalue weighted by atomic mass is 19.1. The number of amides is 1. The van der Waals surface area contributed by atoms with Gasteiger partial charge in [0.2, 0.25) is 0 Å². The predicted molar refractivity (Wildman–Crippen MR) is 99.5 cm³/mol. The molecule has 26 heavy (non-hydrogen) atoms. The highest BCUT2D eigenvalue weighted by Gasteiger charge is 2.38. The smallest absolute Gasteiger partial charge is 0.253 e. The second kappa shape index (κ2) is 7.20. The van der Waals surface area contributed by atoms with Gasteiger partial charge in [-0.05, 0) is 66.5 Å². The summed E-state index contributed by atoms with van der Waals surface area (Å²) >= 11 is 0. The van der Waals surface area contributed by atoms with E-state index in [0.717, 1.165) is 62.3 Å². The molecule has 2 aliphatic rings. The average molecular weight is 353 g/mol. The molecule has 0 aromatic heterocycles. The molecule has 0 aliphatic carbocycles. The fraction of sp³-hybridized carbons (Fsp3) is 0.409. The zero-order valence-corrected chi connectivity index (χ0v) is 14.9. The molecule has 3 nitrogen and oxygen atoms in total. The number of likely N-dealkylation sites (tertiary alicyclic amines) is 1. The first kappa shape index (κ1) is 17.2. The maximum atomic E-state index is 13.1. The molecule has 2 aromatic rings. The fourth-order valence-electron chi connectivity index (χ4n) is 4.22. The van der Waals surface area contributed by atoms with Gasteiger partial charge in [0.1, 0.15) is 5.82 Å². The third kappa shape index (κ3) is 3.51. The van der Waals surface area contributed by atoms with Crippen LogP contribution in [0.25, 0.3) is 11.1 Å². The molecule has 4 rings (SSSR count). The van der Waals surface area contributed by atoms with Crippen molar-refractivity contribution in [3.8, 4) is 11.1 Å². The molecule has 2 saturated heterocycles. The van der Waals surface area contributed by atoms with Crippen LogP contribution in [-0.4, -0.2) is 37.1 Å². The molecular formula is C22H24FNO2. The van der Waals surface area contributed by atoms with E-state index in [9.17, 15) is 9.18 Å². The quantitative estimate of drug-likeness (QED) is 0.794. The van der Waals surface area contributed by atoms with Gasteiger partial charge in [-0.15, -0.1) is 0 Å². The number of ether oxygens (including phenoxy) is 1. The van der Waals surface area contributed by atoms with Gasteiger partial charge in [0.25, 0.3) is 5.91 Å². The molecular weight excluding hydrogens is 329 g/mol. The number of carbonyl (C=O) groups is 1. The Hall–Kier alpha value is -2.20. The van der Waals surface area contributed by atoms with Crippen molar-refractivity contribution in [1.82, 2.24) is 4.90 Å². The van der Waals surface area contributed by atoms with Crippen molar-refractivity contribution in [2.45, 2.75) is 25.7 Å². The Balaban J connectivity index is 1.48. The van der Waals surface area contributed by atoms with Crippen LogP contribution in [0, 0.1) is 11.2 Å². The first-order valence-corrected chi connectivity index (χ1v) is 9.38. The lowest BCUT2D eigenvalue weighted by atomic mass is 9.74. The van der Waals surface area contributed by atoms with Crippen LogP contribution in [0.3, 0.4) is 0 Å². The summed E-state index contributed by atoms with van der Waals surface area (Å²) in [6.07, 6.45) is 4.38. The Labute approximate surface area is 153 Å². The summed E-state index contributed by atoms with van der Waals surface area (Å²) in [6, 6.07) is 14.1. The zero-order valence-electron chi connectivity index (χ0n) is 14.9. The van der Waals surface area contributed by atoms with E-state index in [-0.39, 0.29) is 17.1 Å². The van der Waals surface area contributed by atoms with E-state index in [1.54, 1.807) is 12.1 Å². The second-order valence-corrected chi connectivity index (χ2v) is 7.53. The molecule has 2 aliphatic heterocycles. The number of piperidine rings is 1. The van der Waals surface area contributed by atoms with Gasteiger partial charge in [-0.25, -0.2) is 4.39 Å². The van der Waals surface area contributed by atoms with Crippen molar-refractivity contribution < 1.29 is 13.9 Å². The minimum atomic E-state index is -0.243. The highest BCUT2D eigenvalue weighted by molar-refractivity contribution is 5.94. The van der Waals surface area contributed by atoms with Gasteiger partial charge >= 0.3 is 0 Å². The molecule has 0 radical (unpaired) electrons. The largest absolute Gasteiger partial charge is 0.381 e. The molecule has 2 heterocycles. The Bertz CT molecular complexity index is 758. The second-order valence-electron chi connectivity index (χ2n) is 7.53. The van der Waals surface area contributed by atoms with Gasteiger partial charge in [0.05, 0.1) is 0 Å². The van der Waals surface area contributed by atoms with Gasteiger partial charge in [-0.1, -0.05) is 24.3 Å². The van der Waals surface area contributed by atoms with Crippen molar-refractivity contribution >= 4 is 5.91 Å². The molecule has 2 fully saturated rings. The molecule has 0 saturated carbocycles. The maximum absolute atomic E-state index is 13.1. The molecule has 4 heteroatoms. The Kier molecular flexibility index (Phi) is 4.77. The summed E-state index contributed by atoms with van der Waals surface area (Å²) in [7, 11) is 0. The highest BCUT2D eigenvalue weighted by Crippen LogP contribution is 2.39. The molecule has 0 N–H and O–H groups in total. The van der Waals surface area contributed by atoms with Crippen LogP contribution < -0.4 is 0 Å². The SMILES string of the molecule is O=C(c1ccc(-c2ccc(F)cc2)cc1)N1CCCC2(CCOCC2)C1. The first-order valence-electron chi connectivity index (χ1n) is 9.38. The topological polar surface area (TPSA) is 29.5 Å². The van der Waals surface area contributed by atoms with Crippen molar-refractivity contribution in [1.29, 1.82) is 0 Å². The minimum absolute atomic E-state index is 0.112. The fourth-order valence-corrected chi connectivity index (χ4v) is 4.22. The summed E-state index contributed by atoms with van der Waals surface area (Å²) in [6.45, 7) is 3.30. The van der Waals surface area contributed by atoms with Crippen molar-refractivity contribution in [3.05, 3.63) is 59.9 Å². The third-order valence-electron chi connectivity index (χ3n) is 5.81. The maximum Gasteiger partial charge on any atom is 0.253 e. The minimum Gasteiger partial charge on any atom is -0.381 e. The number of benzene rings is 2. The molecule has 1 amide bonds. The van der Waals surface area contributed by atoms with E-state index in [0.29, 0.717) is 0 Å². The summed E-state index contributed by atoms with van der Waals surface area (Å²) in [5.41, 5.74) is 2.91. The van der Waals surface area contributed by atoms with Gasteiger partial charge in [-0.2, -0.15) is 0 Å². The number of rotatable bonds is 2. The van der Waals surface area contributed by atoms with Crippen molar-refractivity contribution in [3.63, 3.8) is 0 Å². The van der Waals surface area contributed by atoms with Crippen LogP contribution >= 0.6 is 0 Å². The Morgan fingerprint density at radius 2 is 1.54 bits per heavy atom. The van der Waals surface area contributed by atoms with Crippen molar-refractivity contribution in [2.24, 2.45) is 5.41 Å². The van der Waals surface area contributed by atoms with E-state index in [2.05, 4.69) is 0 Å². The van der Waals surface area contributed by atoms with E-state index in [1.807, 2.05) is 29.2 Å². The molecule has 0 atom stereocenters. The lowest BCUT2D eigenvalue weighted by molar-refractivity contribution is -0.0229. The first-order chi connectivity index (χ1) is 12.7. The van der Waals surface area contributed by atoms with Gasteiger partial charge in [0, 0.05) is 31.9 Å². The molecule has 136 valence electrons. The van der Waals surface area contributed by atoms with E-state index >= 15 is 0 Å². The number of hydrogen-bond donors (Lipinski definition) is 0. The van der Waals surface area contributed by atoms with Gasteiger partial charge < -0.3 is 9.64 Å². The lowest BCUT2D eigenvalue weighted by Crippen LogP contribution is -2.48. The van der Waals surface area contributed by atoms with Crippen LogP contribution in [0.1, 0.15) is 36.0 Å². The number of carbonyl (C=O) groups excluding carboxylic acids is 1. The predicted octanol–water partition coefficient (Wildman–Crippen LogP) is 4.53. The van der Waals surface area contributed by atoms with Gasteiger partial charge in [0.15, 0.2) is 0 Å². The average Bonchev–Trinajstić information content (AvgIpc) is 2.69. The standard InChI is InChI=1S/C22H24FNO2/c23-20-8-6-18(7-9-20)17-2-4-19(5-3-17)21(25)24-13-1-10-22(16-24)11-14-26-15-12-22/h2-9H,1,10-16H2. The van der Waals surface area contributed by atoms with Crippen molar-refractivity contribution in [2.75, 3.05) is 26.3 Å². The normalized spacial score (nSPS) is 19.5. The Morgan fingerprint density at radius 3 is 2.19 bits per heavy atom. The van der Waals surface area contributed by atoms with Crippen LogP contribution in [0.2, 0.25) is 0 Å². The van der Waals surface area contributed by atoms with Crippen LogP contribution in [0.4, 0.5) is 4.39 Å². The summed E-state index contributed by atoms with van der Waals surface area (Å²) < 4.78 is 18.6. The molecule has 2 aromatic carbocycles. The third-order valence-corrected chi connectivity index (χ3v) is 5.81. The van der Waals surface area contributed by atoms with Crippen LogP contribution in [0.5, 0.6) is 0 Å². The number of halogens is 1. The number of hydrogen-bond acceptors (Lipinski definition) is 2. The van der Waals surface area contributed by atoms with Crippen LogP contribution in [-0.2, 0) is 4.74 Å². The zero-order chi connectivity index (χ0) is 18.0. The summed E-state index contributed by atoms with van der Waals surface area (Å²) in [4.78, 5) is 15.0. The lowest BCUT2D eigenvalue weighted by Gasteiger charge is -2.45. The molecule has 1 spiro atoms.